The summed E-state index contributed by atoms with van der Waals surface area (Å²) in [5.74, 6) is 0.397. The van der Waals surface area contributed by atoms with E-state index >= 15 is 0 Å². The maximum atomic E-state index is 5.50. The molecule has 0 amide bonds. The number of ether oxygens (including phenoxy) is 3. The van der Waals surface area contributed by atoms with Gasteiger partial charge in [0.2, 0.25) is 0 Å². The van der Waals surface area contributed by atoms with Crippen LogP contribution in [0, 0.1) is 5.92 Å². The van der Waals surface area contributed by atoms with E-state index in [0.29, 0.717) is 18.8 Å². The number of halogens is 1. The van der Waals surface area contributed by atoms with E-state index in [-0.39, 0.29) is 12.4 Å². The molecule has 4 nitrogen and oxygen atoms in total. The minimum atomic E-state index is 0. The number of hydrogen-bond donors (Lipinski definition) is 0. The van der Waals surface area contributed by atoms with E-state index in [4.69, 9.17) is 14.2 Å². The summed E-state index contributed by atoms with van der Waals surface area (Å²) < 4.78 is 16.5. The quantitative estimate of drug-likeness (QED) is 0.855. The van der Waals surface area contributed by atoms with Gasteiger partial charge in [-0.15, -0.1) is 12.4 Å². The van der Waals surface area contributed by atoms with Gasteiger partial charge in [0.05, 0.1) is 26.4 Å². The summed E-state index contributed by atoms with van der Waals surface area (Å²) in [6, 6.07) is 11.0. The van der Waals surface area contributed by atoms with Crippen LogP contribution in [-0.2, 0) is 14.2 Å². The zero-order chi connectivity index (χ0) is 12.9. The third-order valence-electron chi connectivity index (χ3n) is 3.86. The lowest BCUT2D eigenvalue weighted by Crippen LogP contribution is -2.45. The summed E-state index contributed by atoms with van der Waals surface area (Å²) in [5.41, 5.74) is 1.35. The highest BCUT2D eigenvalue weighted by molar-refractivity contribution is 5.85. The number of nitrogens with zero attached hydrogens (tertiary/aromatic N) is 1. The van der Waals surface area contributed by atoms with Crippen LogP contribution in [0.15, 0.2) is 30.3 Å². The average molecular weight is 300 g/mol. The molecule has 0 aromatic heterocycles. The van der Waals surface area contributed by atoms with E-state index in [0.717, 1.165) is 39.5 Å². The summed E-state index contributed by atoms with van der Waals surface area (Å²) in [7, 11) is 0. The van der Waals surface area contributed by atoms with Gasteiger partial charge in [0.15, 0.2) is 0 Å². The molecule has 2 heterocycles. The molecule has 2 aliphatic rings. The fourth-order valence-corrected chi connectivity index (χ4v) is 2.98. The Morgan fingerprint density at radius 2 is 1.60 bits per heavy atom. The molecule has 1 atom stereocenters. The summed E-state index contributed by atoms with van der Waals surface area (Å²) in [6.45, 7) is 5.58. The Labute approximate surface area is 126 Å². The molecule has 1 aromatic carbocycles. The van der Waals surface area contributed by atoms with Gasteiger partial charge in [0.1, 0.15) is 6.79 Å². The van der Waals surface area contributed by atoms with Crippen molar-refractivity contribution < 1.29 is 14.2 Å². The number of benzene rings is 1. The van der Waals surface area contributed by atoms with Crippen molar-refractivity contribution in [2.24, 2.45) is 5.92 Å². The fourth-order valence-electron chi connectivity index (χ4n) is 2.98. The van der Waals surface area contributed by atoms with Crippen LogP contribution < -0.4 is 0 Å². The standard InChI is InChI=1S/C15H21NO3.ClH/c1-2-4-13(5-3-1)15(14-10-18-12-19-11-14)16-6-8-17-9-7-16;/h1-5,14-15H,6-12H2;1H. The predicted molar refractivity (Wildman–Crippen MR) is 79.1 cm³/mol. The van der Waals surface area contributed by atoms with Crippen LogP contribution in [0.25, 0.3) is 0 Å². The highest BCUT2D eigenvalue weighted by atomic mass is 35.5. The molecule has 2 fully saturated rings. The SMILES string of the molecule is Cl.c1ccc(C(C2COCOC2)N2CCOCC2)cc1. The highest BCUT2D eigenvalue weighted by Gasteiger charge is 2.31. The molecule has 5 heteroatoms. The molecule has 2 aliphatic heterocycles. The van der Waals surface area contributed by atoms with E-state index in [2.05, 4.69) is 35.2 Å². The molecular weight excluding hydrogens is 278 g/mol. The van der Waals surface area contributed by atoms with E-state index in [1.54, 1.807) is 0 Å². The van der Waals surface area contributed by atoms with Crippen molar-refractivity contribution in [1.82, 2.24) is 4.90 Å². The Bertz CT molecular complexity index is 360. The Morgan fingerprint density at radius 1 is 0.950 bits per heavy atom. The summed E-state index contributed by atoms with van der Waals surface area (Å²) in [4.78, 5) is 2.50. The van der Waals surface area contributed by atoms with Crippen molar-refractivity contribution in [2.45, 2.75) is 6.04 Å². The van der Waals surface area contributed by atoms with Gasteiger partial charge in [-0.25, -0.2) is 0 Å². The Balaban J connectivity index is 0.00000147. The monoisotopic (exact) mass is 299 g/mol. The van der Waals surface area contributed by atoms with E-state index in [1.165, 1.54) is 5.56 Å². The van der Waals surface area contributed by atoms with Crippen LogP contribution in [0.4, 0.5) is 0 Å². The van der Waals surface area contributed by atoms with Crippen molar-refractivity contribution in [3.63, 3.8) is 0 Å². The lowest BCUT2D eigenvalue weighted by Gasteiger charge is -2.40. The Kier molecular flexibility index (Phi) is 6.26. The normalized spacial score (nSPS) is 23.0. The maximum absolute atomic E-state index is 5.50. The maximum Gasteiger partial charge on any atom is 0.146 e. The average Bonchev–Trinajstić information content (AvgIpc) is 2.51. The van der Waals surface area contributed by atoms with E-state index in [1.807, 2.05) is 0 Å². The predicted octanol–water partition coefficient (Wildman–Crippen LogP) is 2.10. The molecule has 0 saturated carbocycles. The topological polar surface area (TPSA) is 30.9 Å². The van der Waals surface area contributed by atoms with Crippen molar-refractivity contribution in [1.29, 1.82) is 0 Å². The molecule has 0 radical (unpaired) electrons. The molecule has 0 aliphatic carbocycles. The lowest BCUT2D eigenvalue weighted by molar-refractivity contribution is -0.146. The first-order valence-corrected chi connectivity index (χ1v) is 6.97. The van der Waals surface area contributed by atoms with Gasteiger partial charge >= 0.3 is 0 Å². The smallest absolute Gasteiger partial charge is 0.146 e. The third kappa shape index (κ3) is 3.71. The van der Waals surface area contributed by atoms with Gasteiger partial charge < -0.3 is 14.2 Å². The van der Waals surface area contributed by atoms with Gasteiger partial charge in [0, 0.05) is 25.0 Å². The molecule has 1 aromatic rings. The molecule has 20 heavy (non-hydrogen) atoms. The summed E-state index contributed by atoms with van der Waals surface area (Å²) in [5, 5.41) is 0. The van der Waals surface area contributed by atoms with Gasteiger partial charge in [-0.2, -0.15) is 0 Å². The third-order valence-corrected chi connectivity index (χ3v) is 3.86. The second kappa shape index (κ2) is 7.96. The number of morpholine rings is 1. The second-order valence-electron chi connectivity index (χ2n) is 5.12. The number of rotatable bonds is 3. The summed E-state index contributed by atoms with van der Waals surface area (Å²) in [6.07, 6.45) is 0. The first-order chi connectivity index (χ1) is 9.45. The van der Waals surface area contributed by atoms with Crippen molar-refractivity contribution in [3.8, 4) is 0 Å². The van der Waals surface area contributed by atoms with Crippen molar-refractivity contribution >= 4 is 12.4 Å². The van der Waals surface area contributed by atoms with Gasteiger partial charge in [-0.05, 0) is 5.56 Å². The largest absolute Gasteiger partial charge is 0.379 e. The Morgan fingerprint density at radius 3 is 2.25 bits per heavy atom. The van der Waals surface area contributed by atoms with Crippen molar-refractivity contribution in [3.05, 3.63) is 35.9 Å². The van der Waals surface area contributed by atoms with E-state index < -0.39 is 0 Å². The van der Waals surface area contributed by atoms with Gasteiger partial charge in [-0.1, -0.05) is 30.3 Å². The molecule has 0 bridgehead atoms. The molecule has 3 rings (SSSR count). The second-order valence-corrected chi connectivity index (χ2v) is 5.12. The van der Waals surface area contributed by atoms with Crippen LogP contribution >= 0.6 is 12.4 Å². The van der Waals surface area contributed by atoms with Crippen LogP contribution in [0.1, 0.15) is 11.6 Å². The zero-order valence-corrected chi connectivity index (χ0v) is 12.4. The molecule has 1 unspecified atom stereocenters. The van der Waals surface area contributed by atoms with E-state index in [9.17, 15) is 0 Å². The minimum absolute atomic E-state index is 0. The summed E-state index contributed by atoms with van der Waals surface area (Å²) >= 11 is 0. The molecule has 0 spiro atoms. The van der Waals surface area contributed by atoms with Gasteiger partial charge in [0.25, 0.3) is 0 Å². The van der Waals surface area contributed by atoms with Crippen LogP contribution in [-0.4, -0.2) is 51.2 Å². The van der Waals surface area contributed by atoms with Crippen LogP contribution in [0.3, 0.4) is 0 Å². The fraction of sp³-hybridized carbons (Fsp3) is 0.600. The molecular formula is C15H22ClNO3. The molecule has 112 valence electrons. The molecule has 2 saturated heterocycles. The van der Waals surface area contributed by atoms with Gasteiger partial charge in [-0.3, -0.25) is 4.90 Å². The number of hydrogen-bond acceptors (Lipinski definition) is 4. The van der Waals surface area contributed by atoms with Crippen LogP contribution in [0.2, 0.25) is 0 Å². The lowest BCUT2D eigenvalue weighted by atomic mass is 9.92. The highest BCUT2D eigenvalue weighted by Crippen LogP contribution is 2.31. The Hall–Kier alpha value is -0.650. The first-order valence-electron chi connectivity index (χ1n) is 6.97. The van der Waals surface area contributed by atoms with Crippen LogP contribution in [0.5, 0.6) is 0 Å². The zero-order valence-electron chi connectivity index (χ0n) is 11.6. The first kappa shape index (κ1) is 15.7. The van der Waals surface area contributed by atoms with Crippen molar-refractivity contribution in [2.75, 3.05) is 46.3 Å². The molecule has 0 N–H and O–H groups in total. The minimum Gasteiger partial charge on any atom is -0.379 e.